The Bertz CT molecular complexity index is 771. The van der Waals surface area contributed by atoms with Crippen LogP contribution in [0.2, 0.25) is 0 Å². The lowest BCUT2D eigenvalue weighted by Gasteiger charge is -2.22. The van der Waals surface area contributed by atoms with Crippen LogP contribution in [0.25, 0.3) is 0 Å². The molecular weight excluding hydrogens is 338 g/mol. The molecule has 5 nitrogen and oxygen atoms in total. The lowest BCUT2D eigenvalue weighted by Crippen LogP contribution is -2.32. The standard InChI is InChI=1S/C22H29N3O2/c1-4-24(5-2)18-11-9-16(10-12-18)22(26)25-14-20(21(23)15-25)17-7-6-8-19(13-17)27-3/h6-13,20-21H,4-5,14-15,23H2,1-3H3. The summed E-state index contributed by atoms with van der Waals surface area (Å²) >= 11 is 0. The fraction of sp³-hybridized carbons (Fsp3) is 0.409. The maximum Gasteiger partial charge on any atom is 0.253 e. The van der Waals surface area contributed by atoms with Gasteiger partial charge in [0.2, 0.25) is 0 Å². The third-order valence-corrected chi connectivity index (χ3v) is 5.42. The highest BCUT2D eigenvalue weighted by atomic mass is 16.5. The van der Waals surface area contributed by atoms with Gasteiger partial charge in [0.1, 0.15) is 5.75 Å². The summed E-state index contributed by atoms with van der Waals surface area (Å²) in [6.07, 6.45) is 0. The molecule has 27 heavy (non-hydrogen) atoms. The van der Waals surface area contributed by atoms with Gasteiger partial charge < -0.3 is 20.3 Å². The van der Waals surface area contributed by atoms with Gasteiger partial charge in [-0.25, -0.2) is 0 Å². The number of carbonyl (C=O) groups excluding carboxylic acids is 1. The van der Waals surface area contributed by atoms with E-state index in [2.05, 4.69) is 24.8 Å². The molecule has 1 fully saturated rings. The minimum absolute atomic E-state index is 0.0435. The van der Waals surface area contributed by atoms with Gasteiger partial charge in [-0.2, -0.15) is 0 Å². The molecule has 0 radical (unpaired) electrons. The molecule has 1 saturated heterocycles. The first-order valence-corrected chi connectivity index (χ1v) is 9.61. The Labute approximate surface area is 161 Å². The summed E-state index contributed by atoms with van der Waals surface area (Å²) in [6.45, 7) is 7.36. The van der Waals surface area contributed by atoms with Crippen LogP contribution >= 0.6 is 0 Å². The van der Waals surface area contributed by atoms with E-state index in [-0.39, 0.29) is 17.9 Å². The molecule has 144 valence electrons. The molecule has 0 bridgehead atoms. The van der Waals surface area contributed by atoms with Crippen molar-refractivity contribution in [1.82, 2.24) is 4.90 Å². The Morgan fingerprint density at radius 1 is 1.15 bits per heavy atom. The highest BCUT2D eigenvalue weighted by Crippen LogP contribution is 2.30. The zero-order valence-corrected chi connectivity index (χ0v) is 16.4. The Hall–Kier alpha value is -2.53. The average Bonchev–Trinajstić information content (AvgIpc) is 3.10. The van der Waals surface area contributed by atoms with Crippen molar-refractivity contribution in [1.29, 1.82) is 0 Å². The number of likely N-dealkylation sites (tertiary alicyclic amines) is 1. The molecule has 2 N–H and O–H groups in total. The molecule has 1 aliphatic rings. The maximum absolute atomic E-state index is 12.9. The van der Waals surface area contributed by atoms with E-state index in [0.29, 0.717) is 18.7 Å². The number of amides is 1. The molecule has 1 aliphatic heterocycles. The van der Waals surface area contributed by atoms with Crippen LogP contribution in [0.4, 0.5) is 5.69 Å². The summed E-state index contributed by atoms with van der Waals surface area (Å²) in [5.41, 5.74) is 9.34. The topological polar surface area (TPSA) is 58.8 Å². The van der Waals surface area contributed by atoms with Crippen LogP contribution in [0.15, 0.2) is 48.5 Å². The second kappa shape index (κ2) is 8.44. The summed E-state index contributed by atoms with van der Waals surface area (Å²) in [5.74, 6) is 0.984. The molecule has 0 saturated carbocycles. The second-order valence-electron chi connectivity index (χ2n) is 6.98. The van der Waals surface area contributed by atoms with Gasteiger partial charge in [0.15, 0.2) is 0 Å². The largest absolute Gasteiger partial charge is 0.497 e. The molecule has 2 aromatic rings. The first-order valence-electron chi connectivity index (χ1n) is 9.61. The van der Waals surface area contributed by atoms with Crippen molar-refractivity contribution in [2.75, 3.05) is 38.2 Å². The molecule has 5 heteroatoms. The van der Waals surface area contributed by atoms with Gasteiger partial charge in [0.05, 0.1) is 7.11 Å². The molecule has 0 aromatic heterocycles. The predicted molar refractivity (Wildman–Crippen MR) is 110 cm³/mol. The fourth-order valence-electron chi connectivity index (χ4n) is 3.81. The molecule has 1 amide bonds. The number of hydrogen-bond acceptors (Lipinski definition) is 4. The smallest absolute Gasteiger partial charge is 0.253 e. The Morgan fingerprint density at radius 2 is 1.85 bits per heavy atom. The van der Waals surface area contributed by atoms with Crippen molar-refractivity contribution < 1.29 is 9.53 Å². The molecule has 0 spiro atoms. The lowest BCUT2D eigenvalue weighted by molar-refractivity contribution is 0.0789. The summed E-state index contributed by atoms with van der Waals surface area (Å²) in [6, 6.07) is 15.8. The zero-order chi connectivity index (χ0) is 19.4. The average molecular weight is 367 g/mol. The quantitative estimate of drug-likeness (QED) is 0.852. The van der Waals surface area contributed by atoms with Gasteiger partial charge in [0, 0.05) is 49.4 Å². The minimum atomic E-state index is -0.0731. The van der Waals surface area contributed by atoms with Gasteiger partial charge >= 0.3 is 0 Å². The Morgan fingerprint density at radius 3 is 2.48 bits per heavy atom. The van der Waals surface area contributed by atoms with E-state index >= 15 is 0 Å². The number of methoxy groups -OCH3 is 1. The van der Waals surface area contributed by atoms with E-state index < -0.39 is 0 Å². The van der Waals surface area contributed by atoms with Gasteiger partial charge in [-0.3, -0.25) is 4.79 Å². The first-order chi connectivity index (χ1) is 13.1. The number of anilines is 1. The van der Waals surface area contributed by atoms with E-state index in [1.54, 1.807) is 7.11 Å². The lowest BCUT2D eigenvalue weighted by atomic mass is 9.95. The van der Waals surface area contributed by atoms with Gasteiger partial charge in [-0.05, 0) is 55.8 Å². The zero-order valence-electron chi connectivity index (χ0n) is 16.4. The highest BCUT2D eigenvalue weighted by molar-refractivity contribution is 5.95. The van der Waals surface area contributed by atoms with Gasteiger partial charge in [-0.1, -0.05) is 12.1 Å². The number of ether oxygens (including phenoxy) is 1. The van der Waals surface area contributed by atoms with Crippen LogP contribution in [0.5, 0.6) is 5.75 Å². The van der Waals surface area contributed by atoms with E-state index in [1.165, 1.54) is 0 Å². The summed E-state index contributed by atoms with van der Waals surface area (Å²) in [5, 5.41) is 0. The van der Waals surface area contributed by atoms with Crippen LogP contribution in [0.1, 0.15) is 35.7 Å². The SMILES string of the molecule is CCN(CC)c1ccc(C(=O)N2CC(N)C(c3cccc(OC)c3)C2)cc1. The number of benzene rings is 2. The maximum atomic E-state index is 12.9. The number of nitrogens with two attached hydrogens (primary N) is 1. The third kappa shape index (κ3) is 4.08. The van der Waals surface area contributed by atoms with E-state index in [1.807, 2.05) is 47.4 Å². The number of rotatable bonds is 6. The third-order valence-electron chi connectivity index (χ3n) is 5.42. The Kier molecular flexibility index (Phi) is 6.01. The minimum Gasteiger partial charge on any atom is -0.497 e. The van der Waals surface area contributed by atoms with Crippen LogP contribution in [-0.2, 0) is 0 Å². The van der Waals surface area contributed by atoms with Crippen molar-refractivity contribution >= 4 is 11.6 Å². The summed E-state index contributed by atoms with van der Waals surface area (Å²) < 4.78 is 5.32. The second-order valence-corrected chi connectivity index (χ2v) is 6.98. The van der Waals surface area contributed by atoms with Crippen LogP contribution in [0, 0.1) is 0 Å². The molecular formula is C22H29N3O2. The highest BCUT2D eigenvalue weighted by Gasteiger charge is 2.34. The summed E-state index contributed by atoms with van der Waals surface area (Å²) in [4.78, 5) is 17.1. The van der Waals surface area contributed by atoms with Crippen LogP contribution in [-0.4, -0.2) is 50.1 Å². The van der Waals surface area contributed by atoms with Crippen molar-refractivity contribution in [3.63, 3.8) is 0 Å². The fourth-order valence-corrected chi connectivity index (χ4v) is 3.81. The number of nitrogens with zero attached hydrogens (tertiary/aromatic N) is 2. The van der Waals surface area contributed by atoms with Crippen molar-refractivity contribution in [3.05, 3.63) is 59.7 Å². The number of carbonyl (C=O) groups is 1. The van der Waals surface area contributed by atoms with Crippen molar-refractivity contribution in [2.45, 2.75) is 25.8 Å². The van der Waals surface area contributed by atoms with E-state index in [4.69, 9.17) is 10.5 Å². The molecule has 2 atom stereocenters. The molecule has 0 aliphatic carbocycles. The predicted octanol–water partition coefficient (Wildman–Crippen LogP) is 3.11. The molecule has 2 aromatic carbocycles. The molecule has 1 heterocycles. The van der Waals surface area contributed by atoms with Gasteiger partial charge in [-0.15, -0.1) is 0 Å². The normalized spacial score (nSPS) is 19.2. The number of hydrogen-bond donors (Lipinski definition) is 1. The van der Waals surface area contributed by atoms with Crippen molar-refractivity contribution in [2.24, 2.45) is 5.73 Å². The van der Waals surface area contributed by atoms with Crippen LogP contribution in [0.3, 0.4) is 0 Å². The Balaban J connectivity index is 1.72. The van der Waals surface area contributed by atoms with Crippen molar-refractivity contribution in [3.8, 4) is 5.75 Å². The molecule has 3 rings (SSSR count). The van der Waals surface area contributed by atoms with E-state index in [9.17, 15) is 4.79 Å². The summed E-state index contributed by atoms with van der Waals surface area (Å²) in [7, 11) is 1.66. The van der Waals surface area contributed by atoms with E-state index in [0.717, 1.165) is 30.1 Å². The monoisotopic (exact) mass is 367 g/mol. The first kappa shape index (κ1) is 19.2. The van der Waals surface area contributed by atoms with Crippen LogP contribution < -0.4 is 15.4 Å². The molecule has 2 unspecified atom stereocenters. The van der Waals surface area contributed by atoms with Gasteiger partial charge in [0.25, 0.3) is 5.91 Å².